The van der Waals surface area contributed by atoms with E-state index in [2.05, 4.69) is 15.3 Å². The van der Waals surface area contributed by atoms with Crippen LogP contribution in [0.1, 0.15) is 19.4 Å². The molecule has 0 aliphatic heterocycles. The lowest BCUT2D eigenvalue weighted by Gasteiger charge is -2.20. The Kier molecular flexibility index (Phi) is 6.32. The molecule has 2 N–H and O–H groups in total. The predicted molar refractivity (Wildman–Crippen MR) is 90.9 cm³/mol. The summed E-state index contributed by atoms with van der Waals surface area (Å²) < 4.78 is 55.9. The summed E-state index contributed by atoms with van der Waals surface area (Å²) in [6.45, 7) is 2.83. The first-order chi connectivity index (χ1) is 12.1. The van der Waals surface area contributed by atoms with Crippen molar-refractivity contribution < 1.29 is 27.6 Å². The molecule has 0 fully saturated rings. The van der Waals surface area contributed by atoms with Gasteiger partial charge in [-0.3, -0.25) is 0 Å². The summed E-state index contributed by atoms with van der Waals surface area (Å²) in [4.78, 5) is 8.05. The second-order valence-corrected chi connectivity index (χ2v) is 6.96. The van der Waals surface area contributed by atoms with Gasteiger partial charge in [-0.25, -0.2) is 4.98 Å². The number of aromatic nitrogens is 2. The van der Waals surface area contributed by atoms with Crippen LogP contribution in [-0.4, -0.2) is 38.1 Å². The Balaban J connectivity index is 2.29. The van der Waals surface area contributed by atoms with Gasteiger partial charge in [-0.2, -0.15) is 18.2 Å². The Morgan fingerprint density at radius 1 is 1.23 bits per heavy atom. The molecule has 3 atom stereocenters. The number of aliphatic hydroxyl groups is 1. The molecule has 26 heavy (non-hydrogen) atoms. The van der Waals surface area contributed by atoms with Crippen molar-refractivity contribution in [2.45, 2.75) is 37.1 Å². The van der Waals surface area contributed by atoms with Crippen molar-refractivity contribution >= 4 is 22.8 Å². The van der Waals surface area contributed by atoms with Crippen LogP contribution in [0.5, 0.6) is 5.88 Å². The van der Waals surface area contributed by atoms with Gasteiger partial charge in [-0.1, -0.05) is 0 Å². The molecule has 2 aromatic rings. The minimum absolute atomic E-state index is 0.101. The Labute approximate surface area is 151 Å². The molecule has 1 aromatic heterocycles. The second-order valence-electron chi connectivity index (χ2n) is 5.58. The van der Waals surface area contributed by atoms with Gasteiger partial charge in [0.15, 0.2) is 4.90 Å². The summed E-state index contributed by atoms with van der Waals surface area (Å²) in [7, 11) is 0. The largest absolute Gasteiger partial charge is 0.612 e. The molecule has 0 saturated heterocycles. The highest BCUT2D eigenvalue weighted by molar-refractivity contribution is 7.90. The van der Waals surface area contributed by atoms with Crippen LogP contribution in [0.25, 0.3) is 0 Å². The maximum atomic E-state index is 13.1. The lowest BCUT2D eigenvalue weighted by atomic mass is 10.2. The first-order valence-electron chi connectivity index (χ1n) is 7.57. The molecular formula is C16H18F3N3O3S. The van der Waals surface area contributed by atoms with E-state index in [1.54, 1.807) is 24.3 Å². The first-order valence-corrected chi connectivity index (χ1v) is 9.13. The number of ether oxygens (including phenoxy) is 1. The van der Waals surface area contributed by atoms with Crippen LogP contribution in [0, 0.1) is 0 Å². The van der Waals surface area contributed by atoms with E-state index in [1.807, 2.05) is 0 Å². The van der Waals surface area contributed by atoms with Gasteiger partial charge >= 0.3 is 6.18 Å². The zero-order valence-corrected chi connectivity index (χ0v) is 15.1. The minimum Gasteiger partial charge on any atom is -0.612 e. The monoisotopic (exact) mass is 389 g/mol. The molecule has 0 amide bonds. The highest BCUT2D eigenvalue weighted by Gasteiger charge is 2.37. The molecule has 142 valence electrons. The molecule has 1 heterocycles. The van der Waals surface area contributed by atoms with E-state index < -0.39 is 41.0 Å². The Hall–Kier alpha value is -2.04. The summed E-state index contributed by atoms with van der Waals surface area (Å²) in [5, 5.41) is 12.2. The van der Waals surface area contributed by atoms with Crippen LogP contribution >= 0.6 is 0 Å². The maximum absolute atomic E-state index is 13.1. The standard InChI is InChI=1S/C16H18F3N3O3S/c1-9(23)10(2)25-14-13(16(17,18)19)8-20-15(22-14)21-11-4-6-12(7-5-11)26(3)24/h4-10,23H,1-3H3,(H,20,21,22)/t9-,10-,26?/m1/s1. The molecule has 1 aromatic carbocycles. The first kappa shape index (κ1) is 20.3. The van der Waals surface area contributed by atoms with Crippen molar-refractivity contribution in [2.75, 3.05) is 11.6 Å². The van der Waals surface area contributed by atoms with Gasteiger partial charge in [0, 0.05) is 11.9 Å². The molecule has 0 aliphatic rings. The molecule has 0 saturated carbocycles. The van der Waals surface area contributed by atoms with Gasteiger partial charge in [0.2, 0.25) is 11.8 Å². The van der Waals surface area contributed by atoms with Crippen molar-refractivity contribution in [3.63, 3.8) is 0 Å². The Morgan fingerprint density at radius 3 is 2.35 bits per heavy atom. The number of nitrogens with zero attached hydrogens (tertiary/aromatic N) is 2. The highest BCUT2D eigenvalue weighted by atomic mass is 32.2. The molecule has 0 spiro atoms. The fourth-order valence-corrected chi connectivity index (χ4v) is 2.36. The van der Waals surface area contributed by atoms with Crippen molar-refractivity contribution in [2.24, 2.45) is 0 Å². The number of rotatable bonds is 6. The average Bonchev–Trinajstić information content (AvgIpc) is 2.54. The van der Waals surface area contributed by atoms with E-state index in [0.717, 1.165) is 0 Å². The topological polar surface area (TPSA) is 90.3 Å². The zero-order valence-electron chi connectivity index (χ0n) is 14.2. The Bertz CT molecular complexity index is 740. The normalized spacial score (nSPS) is 15.2. The summed E-state index contributed by atoms with van der Waals surface area (Å²) >= 11 is -1.14. The minimum atomic E-state index is -4.70. The van der Waals surface area contributed by atoms with Crippen molar-refractivity contribution in [1.29, 1.82) is 0 Å². The number of anilines is 2. The molecule has 6 nitrogen and oxygen atoms in total. The van der Waals surface area contributed by atoms with Crippen molar-refractivity contribution in [3.8, 4) is 5.88 Å². The van der Waals surface area contributed by atoms with E-state index in [-0.39, 0.29) is 5.95 Å². The van der Waals surface area contributed by atoms with E-state index in [4.69, 9.17) is 4.74 Å². The molecule has 0 radical (unpaired) electrons. The molecule has 0 bridgehead atoms. The van der Waals surface area contributed by atoms with Gasteiger partial charge < -0.3 is 19.7 Å². The average molecular weight is 389 g/mol. The van der Waals surface area contributed by atoms with Gasteiger partial charge in [0.05, 0.1) is 6.10 Å². The number of nitrogens with one attached hydrogen (secondary N) is 1. The van der Waals surface area contributed by atoms with Crippen LogP contribution in [0.3, 0.4) is 0 Å². The molecule has 10 heteroatoms. The number of aliphatic hydroxyl groups excluding tert-OH is 1. The van der Waals surface area contributed by atoms with Crippen LogP contribution in [-0.2, 0) is 17.4 Å². The SMILES string of the molecule is C[C@@H](O)[C@@H](C)Oc1nc(Nc2ccc([S+](C)[O-])cc2)ncc1C(F)(F)F. The molecule has 2 rings (SSSR count). The van der Waals surface area contributed by atoms with Crippen LogP contribution < -0.4 is 10.1 Å². The third-order valence-corrected chi connectivity index (χ3v) is 4.41. The predicted octanol–water partition coefficient (Wildman–Crippen LogP) is 3.12. The van der Waals surface area contributed by atoms with Crippen LogP contribution in [0.4, 0.5) is 24.8 Å². The quantitative estimate of drug-likeness (QED) is 0.738. The van der Waals surface area contributed by atoms with Gasteiger partial charge in [-0.15, -0.1) is 0 Å². The summed E-state index contributed by atoms with van der Waals surface area (Å²) in [5.41, 5.74) is -0.624. The van der Waals surface area contributed by atoms with E-state index in [0.29, 0.717) is 16.8 Å². The summed E-state index contributed by atoms with van der Waals surface area (Å²) in [6, 6.07) is 6.46. The number of halogens is 3. The molecule has 1 unspecified atom stereocenters. The summed E-state index contributed by atoms with van der Waals surface area (Å²) in [6.07, 6.45) is -4.41. The number of alkyl halides is 3. The number of benzene rings is 1. The van der Waals surface area contributed by atoms with Crippen LogP contribution in [0.15, 0.2) is 35.4 Å². The van der Waals surface area contributed by atoms with Gasteiger partial charge in [0.1, 0.15) is 17.9 Å². The van der Waals surface area contributed by atoms with Crippen molar-refractivity contribution in [1.82, 2.24) is 9.97 Å². The lowest BCUT2D eigenvalue weighted by molar-refractivity contribution is -0.140. The Morgan fingerprint density at radius 2 is 1.85 bits per heavy atom. The second kappa shape index (κ2) is 8.11. The van der Waals surface area contributed by atoms with Gasteiger partial charge in [-0.05, 0) is 49.3 Å². The van der Waals surface area contributed by atoms with E-state index in [9.17, 15) is 22.8 Å². The number of hydrogen-bond acceptors (Lipinski definition) is 6. The summed E-state index contributed by atoms with van der Waals surface area (Å²) in [5.74, 6) is -0.772. The van der Waals surface area contributed by atoms with E-state index in [1.165, 1.54) is 20.1 Å². The highest BCUT2D eigenvalue weighted by Crippen LogP contribution is 2.36. The third kappa shape index (κ3) is 5.23. The maximum Gasteiger partial charge on any atom is 0.423 e. The fraction of sp³-hybridized carbons (Fsp3) is 0.375. The third-order valence-electron chi connectivity index (χ3n) is 3.48. The smallest absolute Gasteiger partial charge is 0.423 e. The van der Waals surface area contributed by atoms with Gasteiger partial charge in [0.25, 0.3) is 0 Å². The van der Waals surface area contributed by atoms with Crippen molar-refractivity contribution in [3.05, 3.63) is 36.0 Å². The zero-order chi connectivity index (χ0) is 19.5. The van der Waals surface area contributed by atoms with E-state index >= 15 is 0 Å². The fourth-order valence-electron chi connectivity index (χ4n) is 1.84. The van der Waals surface area contributed by atoms with Crippen LogP contribution in [0.2, 0.25) is 0 Å². The number of hydrogen-bond donors (Lipinski definition) is 2. The lowest BCUT2D eigenvalue weighted by Crippen LogP contribution is -2.27. The molecule has 0 aliphatic carbocycles. The molecular weight excluding hydrogens is 371 g/mol.